The van der Waals surface area contributed by atoms with Crippen LogP contribution in [-0.2, 0) is 23.9 Å². The summed E-state index contributed by atoms with van der Waals surface area (Å²) in [4.78, 5) is 22.8. The van der Waals surface area contributed by atoms with Gasteiger partial charge in [0.15, 0.2) is 0 Å². The number of aromatic nitrogens is 2. The van der Waals surface area contributed by atoms with Crippen LogP contribution in [0.15, 0.2) is 36.4 Å². The highest BCUT2D eigenvalue weighted by molar-refractivity contribution is 5.92. The second-order valence-corrected chi connectivity index (χ2v) is 9.44. The molecule has 3 atom stereocenters. The van der Waals surface area contributed by atoms with Gasteiger partial charge in [0.2, 0.25) is 0 Å². The summed E-state index contributed by atoms with van der Waals surface area (Å²) in [6, 6.07) is 2.58. The van der Waals surface area contributed by atoms with Gasteiger partial charge in [-0.1, -0.05) is 0 Å². The Morgan fingerprint density at radius 2 is 2.03 bits per heavy atom. The van der Waals surface area contributed by atoms with Crippen molar-refractivity contribution >= 4 is 17.5 Å². The van der Waals surface area contributed by atoms with Gasteiger partial charge >= 0.3 is 6.18 Å². The molecule has 7 N–H and O–H groups in total. The third-order valence-electron chi connectivity index (χ3n) is 6.99. The molecule has 0 bridgehead atoms. The average Bonchev–Trinajstić information content (AvgIpc) is 3.20. The molecule has 2 aromatic rings. The van der Waals surface area contributed by atoms with Crippen molar-refractivity contribution in [3.8, 4) is 0 Å². The molecule has 0 aromatic carbocycles. The molecule has 1 saturated heterocycles. The standard InChI is InChI=1S/C23H27F3N8O/c24-23(25,26)17-6-20(33-8-12-5-13(12)9-33)31-7-14(17)10-34(29)11-18(27)22(35)32-19-2-1-16-15(19)3-4-30-21(16)28/h3-4,6-7,11-13,19H,1-2,5,8-10,27,29H2,(H2,28,30)(H,32,35)/b18-11-/t12?,13?,19-/m1/s1. The van der Waals surface area contributed by atoms with Crippen LogP contribution < -0.4 is 27.5 Å². The summed E-state index contributed by atoms with van der Waals surface area (Å²) < 4.78 is 41.4. The molecule has 1 amide bonds. The number of carbonyl (C=O) groups is 1. The molecular formula is C23H27F3N8O. The lowest BCUT2D eigenvalue weighted by atomic mass is 10.1. The number of alkyl halides is 3. The fourth-order valence-electron chi connectivity index (χ4n) is 5.06. The number of nitrogens with one attached hydrogen (secondary N) is 1. The van der Waals surface area contributed by atoms with E-state index in [9.17, 15) is 18.0 Å². The number of pyridine rings is 2. The SMILES string of the molecule is N/C(=C\N(N)Cc1cnc(N2CC3CC3C2)cc1C(F)(F)F)C(=O)N[C@@H]1CCc2c1ccnc2N. The second-order valence-electron chi connectivity index (χ2n) is 9.44. The number of carbonyl (C=O) groups excluding carboxylic acids is 1. The van der Waals surface area contributed by atoms with Crippen molar-refractivity contribution in [3.05, 3.63) is 58.7 Å². The molecule has 5 rings (SSSR count). The molecule has 0 radical (unpaired) electrons. The smallest absolute Gasteiger partial charge is 0.393 e. The van der Waals surface area contributed by atoms with E-state index in [0.717, 1.165) is 47.9 Å². The van der Waals surface area contributed by atoms with Crippen LogP contribution >= 0.6 is 0 Å². The zero-order valence-electron chi connectivity index (χ0n) is 18.9. The van der Waals surface area contributed by atoms with E-state index in [1.807, 2.05) is 4.90 Å². The van der Waals surface area contributed by atoms with Crippen molar-refractivity contribution in [3.63, 3.8) is 0 Å². The molecule has 12 heteroatoms. The first-order valence-electron chi connectivity index (χ1n) is 11.4. The zero-order chi connectivity index (χ0) is 24.9. The Labute approximate surface area is 200 Å². The predicted octanol–water partition coefficient (Wildman–Crippen LogP) is 1.81. The number of anilines is 2. The van der Waals surface area contributed by atoms with E-state index in [0.29, 0.717) is 36.3 Å². The van der Waals surface area contributed by atoms with Gasteiger partial charge in [0.1, 0.15) is 17.3 Å². The van der Waals surface area contributed by atoms with Crippen molar-refractivity contribution in [2.45, 2.75) is 38.0 Å². The van der Waals surface area contributed by atoms with Crippen molar-refractivity contribution < 1.29 is 18.0 Å². The number of hydrogen-bond donors (Lipinski definition) is 4. The zero-order valence-corrected chi connectivity index (χ0v) is 18.9. The summed E-state index contributed by atoms with van der Waals surface area (Å²) in [5.41, 5.74) is 12.4. The van der Waals surface area contributed by atoms with E-state index < -0.39 is 17.6 Å². The van der Waals surface area contributed by atoms with Crippen LogP contribution in [0.2, 0.25) is 0 Å². The molecule has 0 spiro atoms. The maximum Gasteiger partial charge on any atom is 0.416 e. The van der Waals surface area contributed by atoms with E-state index in [2.05, 4.69) is 15.3 Å². The van der Waals surface area contributed by atoms with Crippen molar-refractivity contribution in [2.75, 3.05) is 23.7 Å². The van der Waals surface area contributed by atoms with Gasteiger partial charge in [0.25, 0.3) is 5.91 Å². The van der Waals surface area contributed by atoms with Gasteiger partial charge in [-0.2, -0.15) is 13.2 Å². The lowest BCUT2D eigenvalue weighted by Crippen LogP contribution is -2.34. The van der Waals surface area contributed by atoms with Crippen LogP contribution in [0.3, 0.4) is 0 Å². The van der Waals surface area contributed by atoms with Crippen LogP contribution in [-0.4, -0.2) is 34.0 Å². The highest BCUT2D eigenvalue weighted by Gasteiger charge is 2.46. The molecule has 2 aromatic heterocycles. The third-order valence-corrected chi connectivity index (χ3v) is 6.99. The summed E-state index contributed by atoms with van der Waals surface area (Å²) >= 11 is 0. The molecule has 9 nitrogen and oxygen atoms in total. The Morgan fingerprint density at radius 1 is 1.29 bits per heavy atom. The monoisotopic (exact) mass is 488 g/mol. The summed E-state index contributed by atoms with van der Waals surface area (Å²) in [7, 11) is 0. The van der Waals surface area contributed by atoms with Crippen LogP contribution in [0.25, 0.3) is 0 Å². The van der Waals surface area contributed by atoms with E-state index in [-0.39, 0.29) is 23.8 Å². The Morgan fingerprint density at radius 3 is 2.74 bits per heavy atom. The fourth-order valence-corrected chi connectivity index (χ4v) is 5.06. The van der Waals surface area contributed by atoms with Crippen molar-refractivity contribution in [1.82, 2.24) is 20.3 Å². The molecule has 186 valence electrons. The largest absolute Gasteiger partial charge is 0.416 e. The summed E-state index contributed by atoms with van der Waals surface area (Å²) in [5, 5.41) is 3.77. The average molecular weight is 489 g/mol. The number of halogens is 3. The van der Waals surface area contributed by atoms with Gasteiger partial charge in [0.05, 0.1) is 18.2 Å². The number of fused-ring (bicyclic) bond motifs is 2. The van der Waals surface area contributed by atoms with Gasteiger partial charge in [-0.05, 0) is 54.4 Å². The van der Waals surface area contributed by atoms with Crippen LogP contribution in [0.1, 0.15) is 41.1 Å². The number of nitrogens with two attached hydrogens (primary N) is 3. The maximum absolute atomic E-state index is 13.8. The van der Waals surface area contributed by atoms with Gasteiger partial charge in [0, 0.05) is 37.2 Å². The second kappa shape index (κ2) is 8.59. The minimum absolute atomic E-state index is 0.106. The highest BCUT2D eigenvalue weighted by atomic mass is 19.4. The Hall–Kier alpha value is -3.54. The van der Waals surface area contributed by atoms with Gasteiger partial charge < -0.3 is 26.7 Å². The van der Waals surface area contributed by atoms with Gasteiger partial charge in [-0.15, -0.1) is 0 Å². The van der Waals surface area contributed by atoms with Crippen LogP contribution in [0.4, 0.5) is 24.8 Å². The molecule has 2 unspecified atom stereocenters. The van der Waals surface area contributed by atoms with E-state index in [1.54, 1.807) is 12.3 Å². The van der Waals surface area contributed by atoms with Crippen LogP contribution in [0.5, 0.6) is 0 Å². The molecule has 2 aliphatic carbocycles. The van der Waals surface area contributed by atoms with E-state index in [1.165, 1.54) is 6.20 Å². The first-order chi connectivity index (χ1) is 16.6. The molecular weight excluding hydrogens is 461 g/mol. The van der Waals surface area contributed by atoms with E-state index in [4.69, 9.17) is 17.3 Å². The maximum atomic E-state index is 13.8. The first kappa shape index (κ1) is 23.2. The van der Waals surface area contributed by atoms with Crippen LogP contribution in [0, 0.1) is 11.8 Å². The highest BCUT2D eigenvalue weighted by Crippen LogP contribution is 2.46. The number of amides is 1. The molecule has 1 aliphatic heterocycles. The molecule has 3 aliphatic rings. The quantitative estimate of drug-likeness (QED) is 0.274. The number of piperidine rings is 1. The normalized spacial score (nSPS) is 23.1. The van der Waals surface area contributed by atoms with Gasteiger partial charge in [-0.3, -0.25) is 4.79 Å². The summed E-state index contributed by atoms with van der Waals surface area (Å²) in [6.07, 6.45) is 1.77. The number of nitrogen functional groups attached to an aromatic ring is 1. The Kier molecular flexibility index (Phi) is 5.70. The number of rotatable bonds is 6. The first-order valence-corrected chi connectivity index (χ1v) is 11.4. The van der Waals surface area contributed by atoms with Gasteiger partial charge in [-0.25, -0.2) is 15.8 Å². The number of hydrogen-bond acceptors (Lipinski definition) is 8. The minimum atomic E-state index is -4.57. The molecule has 3 heterocycles. The lowest BCUT2D eigenvalue weighted by molar-refractivity contribution is -0.138. The number of hydrazine groups is 1. The molecule has 2 fully saturated rings. The lowest BCUT2D eigenvalue weighted by Gasteiger charge is -2.23. The molecule has 1 saturated carbocycles. The minimum Gasteiger partial charge on any atom is -0.393 e. The summed E-state index contributed by atoms with van der Waals surface area (Å²) in [5.74, 6) is 7.21. The summed E-state index contributed by atoms with van der Waals surface area (Å²) in [6.45, 7) is 1.15. The predicted molar refractivity (Wildman–Crippen MR) is 123 cm³/mol. The van der Waals surface area contributed by atoms with E-state index >= 15 is 0 Å². The fraction of sp³-hybridized carbons (Fsp3) is 0.435. The number of nitrogens with zero attached hydrogens (tertiary/aromatic N) is 4. The van der Waals surface area contributed by atoms with Crippen molar-refractivity contribution in [1.29, 1.82) is 0 Å². The third kappa shape index (κ3) is 4.70. The Balaban J connectivity index is 1.26. The van der Waals surface area contributed by atoms with Crippen molar-refractivity contribution in [2.24, 2.45) is 23.4 Å². The topological polar surface area (TPSA) is 139 Å². The Bertz CT molecular complexity index is 1170. The molecule has 35 heavy (non-hydrogen) atoms.